The molecule has 1 aromatic carbocycles. The highest BCUT2D eigenvalue weighted by molar-refractivity contribution is 5.81. The van der Waals surface area contributed by atoms with E-state index in [1.807, 2.05) is 18.2 Å². The Hall–Kier alpha value is -1.83. The van der Waals surface area contributed by atoms with Gasteiger partial charge in [-0.15, -0.1) is 0 Å². The van der Waals surface area contributed by atoms with Crippen molar-refractivity contribution in [1.82, 2.24) is 0 Å². The monoisotopic (exact) mass is 257 g/mol. The summed E-state index contributed by atoms with van der Waals surface area (Å²) in [5.74, 6) is 0. The number of nitrogens with zero attached hydrogens (tertiary/aromatic N) is 1. The van der Waals surface area contributed by atoms with E-state index in [4.69, 9.17) is 5.21 Å². The van der Waals surface area contributed by atoms with Gasteiger partial charge >= 0.3 is 0 Å². The summed E-state index contributed by atoms with van der Waals surface area (Å²) in [6.07, 6.45) is 9.09. The van der Waals surface area contributed by atoms with Crippen LogP contribution in [0.4, 0.5) is 0 Å². The summed E-state index contributed by atoms with van der Waals surface area (Å²) in [6.45, 7) is 6.43. The van der Waals surface area contributed by atoms with Crippen LogP contribution in [0.2, 0.25) is 0 Å². The molecule has 0 heterocycles. The normalized spacial score (nSPS) is 11.8. The molecule has 0 atom stereocenters. The lowest BCUT2D eigenvalue weighted by molar-refractivity contribution is 0.322. The van der Waals surface area contributed by atoms with E-state index in [2.05, 4.69) is 44.1 Å². The SMILES string of the molecule is CC(C)=CCC/C(C)=C/Cc1ccccc1C=NO. The number of oxime groups is 1. The fraction of sp³-hybridized carbons (Fsp3) is 0.353. The van der Waals surface area contributed by atoms with E-state index in [0.717, 1.165) is 24.8 Å². The third-order valence-corrected chi connectivity index (χ3v) is 3.01. The molecule has 1 aromatic rings. The molecule has 0 unspecified atom stereocenters. The Morgan fingerprint density at radius 1 is 1.16 bits per heavy atom. The van der Waals surface area contributed by atoms with Crippen molar-refractivity contribution in [3.05, 3.63) is 58.7 Å². The van der Waals surface area contributed by atoms with Crippen molar-refractivity contribution in [2.45, 2.75) is 40.0 Å². The van der Waals surface area contributed by atoms with Crippen molar-refractivity contribution in [2.24, 2.45) is 5.16 Å². The van der Waals surface area contributed by atoms with Crippen LogP contribution in [0.3, 0.4) is 0 Å². The van der Waals surface area contributed by atoms with Crippen molar-refractivity contribution >= 4 is 6.21 Å². The molecule has 0 fully saturated rings. The summed E-state index contributed by atoms with van der Waals surface area (Å²) in [7, 11) is 0. The van der Waals surface area contributed by atoms with Crippen LogP contribution >= 0.6 is 0 Å². The lowest BCUT2D eigenvalue weighted by Gasteiger charge is -2.03. The van der Waals surface area contributed by atoms with Crippen LogP contribution in [0.5, 0.6) is 0 Å². The smallest absolute Gasteiger partial charge is 0.0736 e. The van der Waals surface area contributed by atoms with E-state index in [9.17, 15) is 0 Å². The number of hydrogen-bond donors (Lipinski definition) is 1. The van der Waals surface area contributed by atoms with E-state index in [-0.39, 0.29) is 0 Å². The lowest BCUT2D eigenvalue weighted by Crippen LogP contribution is -1.92. The van der Waals surface area contributed by atoms with Gasteiger partial charge < -0.3 is 5.21 Å². The zero-order valence-corrected chi connectivity index (χ0v) is 12.1. The van der Waals surface area contributed by atoms with Crippen LogP contribution in [0.15, 0.2) is 52.7 Å². The van der Waals surface area contributed by atoms with Crippen LogP contribution in [0, 0.1) is 0 Å². The molecule has 0 radical (unpaired) electrons. The zero-order valence-electron chi connectivity index (χ0n) is 12.1. The van der Waals surface area contributed by atoms with Crippen molar-refractivity contribution in [1.29, 1.82) is 0 Å². The third kappa shape index (κ3) is 6.05. The summed E-state index contributed by atoms with van der Waals surface area (Å²) in [5.41, 5.74) is 4.92. The Bertz CT molecular complexity index is 480. The maximum Gasteiger partial charge on any atom is 0.0736 e. The lowest BCUT2D eigenvalue weighted by atomic mass is 10.0. The number of allylic oxidation sites excluding steroid dienone is 4. The molecule has 2 heteroatoms. The molecule has 0 aliphatic heterocycles. The fourth-order valence-corrected chi connectivity index (χ4v) is 1.88. The Morgan fingerprint density at radius 2 is 1.89 bits per heavy atom. The van der Waals surface area contributed by atoms with Gasteiger partial charge in [-0.25, -0.2) is 0 Å². The molecule has 0 aromatic heterocycles. The van der Waals surface area contributed by atoms with Crippen molar-refractivity contribution in [3.8, 4) is 0 Å². The van der Waals surface area contributed by atoms with E-state index in [0.29, 0.717) is 0 Å². The van der Waals surface area contributed by atoms with Crippen LogP contribution < -0.4 is 0 Å². The predicted octanol–water partition coefficient (Wildman–Crippen LogP) is 4.73. The fourth-order valence-electron chi connectivity index (χ4n) is 1.88. The van der Waals surface area contributed by atoms with Crippen molar-refractivity contribution in [2.75, 3.05) is 0 Å². The first kappa shape index (κ1) is 15.2. The van der Waals surface area contributed by atoms with E-state index in [1.165, 1.54) is 22.9 Å². The molecule has 0 saturated heterocycles. The third-order valence-electron chi connectivity index (χ3n) is 3.01. The van der Waals surface area contributed by atoms with Crippen LogP contribution in [-0.2, 0) is 6.42 Å². The van der Waals surface area contributed by atoms with Crippen LogP contribution in [0.1, 0.15) is 44.7 Å². The molecule has 1 rings (SSSR count). The molecule has 0 amide bonds. The minimum atomic E-state index is 0.878. The molecule has 0 saturated carbocycles. The predicted molar refractivity (Wildman–Crippen MR) is 81.9 cm³/mol. The van der Waals surface area contributed by atoms with Gasteiger partial charge in [0, 0.05) is 0 Å². The summed E-state index contributed by atoms with van der Waals surface area (Å²) in [5, 5.41) is 11.7. The van der Waals surface area contributed by atoms with E-state index < -0.39 is 0 Å². The molecular weight excluding hydrogens is 234 g/mol. The average Bonchev–Trinajstić information content (AvgIpc) is 2.37. The Morgan fingerprint density at radius 3 is 2.58 bits per heavy atom. The second kappa shape index (κ2) is 8.30. The number of benzene rings is 1. The summed E-state index contributed by atoms with van der Waals surface area (Å²) < 4.78 is 0. The molecule has 1 N–H and O–H groups in total. The molecule has 0 bridgehead atoms. The summed E-state index contributed by atoms with van der Waals surface area (Å²) in [4.78, 5) is 0. The highest BCUT2D eigenvalue weighted by atomic mass is 16.4. The largest absolute Gasteiger partial charge is 0.411 e. The van der Waals surface area contributed by atoms with Gasteiger partial charge in [0.15, 0.2) is 0 Å². The van der Waals surface area contributed by atoms with Gasteiger partial charge in [-0.1, -0.05) is 52.7 Å². The molecule has 0 spiro atoms. The van der Waals surface area contributed by atoms with Gasteiger partial charge in [0.05, 0.1) is 6.21 Å². The topological polar surface area (TPSA) is 32.6 Å². The van der Waals surface area contributed by atoms with Gasteiger partial charge in [0.2, 0.25) is 0 Å². The highest BCUT2D eigenvalue weighted by Crippen LogP contribution is 2.12. The first-order valence-electron chi connectivity index (χ1n) is 6.68. The van der Waals surface area contributed by atoms with Gasteiger partial charge in [-0.3, -0.25) is 0 Å². The Balaban J connectivity index is 2.62. The average molecular weight is 257 g/mol. The first-order chi connectivity index (χ1) is 9.13. The van der Waals surface area contributed by atoms with E-state index >= 15 is 0 Å². The molecule has 2 nitrogen and oxygen atoms in total. The number of rotatable bonds is 6. The van der Waals surface area contributed by atoms with E-state index in [1.54, 1.807) is 0 Å². The summed E-state index contributed by atoms with van der Waals surface area (Å²) >= 11 is 0. The molecule has 0 aliphatic rings. The minimum Gasteiger partial charge on any atom is -0.411 e. The van der Waals surface area contributed by atoms with Crippen molar-refractivity contribution < 1.29 is 5.21 Å². The second-order valence-corrected chi connectivity index (χ2v) is 5.02. The van der Waals surface area contributed by atoms with Gasteiger partial charge in [-0.05, 0) is 51.2 Å². The van der Waals surface area contributed by atoms with Crippen LogP contribution in [-0.4, -0.2) is 11.4 Å². The number of hydrogen-bond acceptors (Lipinski definition) is 2. The van der Waals surface area contributed by atoms with Gasteiger partial charge in [0.1, 0.15) is 0 Å². The van der Waals surface area contributed by atoms with Gasteiger partial charge in [0.25, 0.3) is 0 Å². The molecule has 102 valence electrons. The maximum atomic E-state index is 8.64. The van der Waals surface area contributed by atoms with Gasteiger partial charge in [-0.2, -0.15) is 0 Å². The standard InChI is InChI=1S/C17H23NO/c1-14(2)7-6-8-15(3)11-12-16-9-4-5-10-17(16)13-18-19/h4-5,7,9-11,13,19H,6,8,12H2,1-3H3/b15-11+,18-13?. The second-order valence-electron chi connectivity index (χ2n) is 5.02. The molecule has 0 aliphatic carbocycles. The molecular formula is C17H23NO. The van der Waals surface area contributed by atoms with Crippen LogP contribution in [0.25, 0.3) is 0 Å². The quantitative estimate of drug-likeness (QED) is 0.340. The molecule has 19 heavy (non-hydrogen) atoms. The highest BCUT2D eigenvalue weighted by Gasteiger charge is 1.98. The Labute approximate surface area is 116 Å². The maximum absolute atomic E-state index is 8.64. The zero-order chi connectivity index (χ0) is 14.1. The Kier molecular flexibility index (Phi) is 6.65. The first-order valence-corrected chi connectivity index (χ1v) is 6.68. The van der Waals surface area contributed by atoms with Crippen molar-refractivity contribution in [3.63, 3.8) is 0 Å². The summed E-state index contributed by atoms with van der Waals surface area (Å²) in [6, 6.07) is 7.99. The minimum absolute atomic E-state index is 0.878.